The van der Waals surface area contributed by atoms with Gasteiger partial charge in [-0.05, 0) is 12.1 Å². The summed E-state index contributed by atoms with van der Waals surface area (Å²) in [4.78, 5) is 8.53. The lowest BCUT2D eigenvalue weighted by atomic mass is 10.2. The summed E-state index contributed by atoms with van der Waals surface area (Å²) in [6.45, 7) is 1.67. The lowest BCUT2D eigenvalue weighted by Crippen LogP contribution is -2.02. The molecule has 2 heterocycles. The van der Waals surface area contributed by atoms with Crippen molar-refractivity contribution in [3.05, 3.63) is 47.9 Å². The van der Waals surface area contributed by atoms with Crippen LogP contribution in [0.4, 0.5) is 11.5 Å². The number of aromatic nitrogens is 2. The number of benzene rings is 1. The Hall–Kier alpha value is -1.94. The van der Waals surface area contributed by atoms with Gasteiger partial charge in [-0.3, -0.25) is 0 Å². The maximum absolute atomic E-state index is 4.28. The van der Waals surface area contributed by atoms with Crippen LogP contribution in [-0.2, 0) is 13.1 Å². The third kappa shape index (κ3) is 1.63. The monoisotopic (exact) mass is 212 g/mol. The summed E-state index contributed by atoms with van der Waals surface area (Å²) < 4.78 is 0. The highest BCUT2D eigenvalue weighted by atomic mass is 15.1. The molecule has 1 aromatic carbocycles. The second-order valence-electron chi connectivity index (χ2n) is 3.74. The average molecular weight is 212 g/mol. The average Bonchev–Trinajstić information content (AvgIpc) is 2.80. The Morgan fingerprint density at radius 1 is 1.06 bits per heavy atom. The normalized spacial score (nSPS) is 13.5. The topological polar surface area (TPSA) is 49.8 Å². The van der Waals surface area contributed by atoms with Gasteiger partial charge in [-0.2, -0.15) is 0 Å². The minimum atomic E-state index is 0.835. The van der Waals surface area contributed by atoms with Crippen molar-refractivity contribution in [3.8, 4) is 0 Å². The lowest BCUT2D eigenvalue weighted by molar-refractivity contribution is 0.758. The molecule has 1 aliphatic rings. The fourth-order valence-corrected chi connectivity index (χ4v) is 1.86. The summed E-state index contributed by atoms with van der Waals surface area (Å²) >= 11 is 0. The summed E-state index contributed by atoms with van der Waals surface area (Å²) in [6, 6.07) is 10.1. The van der Waals surface area contributed by atoms with Crippen molar-refractivity contribution in [2.24, 2.45) is 0 Å². The van der Waals surface area contributed by atoms with Crippen LogP contribution in [0.25, 0.3) is 0 Å². The minimum Gasteiger partial charge on any atom is -0.340 e. The molecule has 0 spiro atoms. The Balaban J connectivity index is 1.94. The van der Waals surface area contributed by atoms with Gasteiger partial charge in [0.25, 0.3) is 0 Å². The molecule has 80 valence electrons. The third-order valence-corrected chi connectivity index (χ3v) is 2.67. The van der Waals surface area contributed by atoms with Gasteiger partial charge in [0.15, 0.2) is 0 Å². The van der Waals surface area contributed by atoms with E-state index in [4.69, 9.17) is 0 Å². The highest BCUT2D eigenvalue weighted by molar-refractivity contribution is 5.60. The Labute approximate surface area is 93.8 Å². The van der Waals surface area contributed by atoms with Crippen LogP contribution in [0.15, 0.2) is 36.7 Å². The van der Waals surface area contributed by atoms with Gasteiger partial charge in [0.2, 0.25) is 0 Å². The molecule has 1 aromatic heterocycles. The third-order valence-electron chi connectivity index (χ3n) is 2.67. The predicted molar refractivity (Wildman–Crippen MR) is 62.3 cm³/mol. The number of rotatable bonds is 2. The first-order chi connectivity index (χ1) is 7.93. The van der Waals surface area contributed by atoms with E-state index in [1.807, 2.05) is 30.3 Å². The van der Waals surface area contributed by atoms with E-state index in [0.29, 0.717) is 0 Å². The van der Waals surface area contributed by atoms with E-state index < -0.39 is 0 Å². The van der Waals surface area contributed by atoms with Gasteiger partial charge in [0.1, 0.15) is 12.1 Å². The van der Waals surface area contributed by atoms with Gasteiger partial charge in [0.05, 0.1) is 5.69 Å². The van der Waals surface area contributed by atoms with Crippen molar-refractivity contribution < 1.29 is 0 Å². The molecule has 2 aromatic rings. The summed E-state index contributed by atoms with van der Waals surface area (Å²) in [5, 5.41) is 6.58. The van der Waals surface area contributed by atoms with E-state index in [9.17, 15) is 0 Å². The zero-order chi connectivity index (χ0) is 10.8. The zero-order valence-corrected chi connectivity index (χ0v) is 8.77. The minimum absolute atomic E-state index is 0.835. The SMILES string of the molecule is c1ccc(Nc2ncnc3c2CNC3)cc1. The second kappa shape index (κ2) is 3.90. The van der Waals surface area contributed by atoms with Crippen molar-refractivity contribution in [2.75, 3.05) is 5.32 Å². The van der Waals surface area contributed by atoms with Gasteiger partial charge < -0.3 is 10.6 Å². The number of para-hydroxylation sites is 1. The van der Waals surface area contributed by atoms with Crippen molar-refractivity contribution in [1.82, 2.24) is 15.3 Å². The zero-order valence-electron chi connectivity index (χ0n) is 8.77. The van der Waals surface area contributed by atoms with Crippen molar-refractivity contribution in [1.29, 1.82) is 0 Å². The fourth-order valence-electron chi connectivity index (χ4n) is 1.86. The number of hydrogen-bond donors (Lipinski definition) is 2. The maximum atomic E-state index is 4.28. The summed E-state index contributed by atoms with van der Waals surface area (Å²) in [6.07, 6.45) is 1.61. The van der Waals surface area contributed by atoms with Gasteiger partial charge in [-0.15, -0.1) is 0 Å². The molecular formula is C12H12N4. The van der Waals surface area contributed by atoms with E-state index in [0.717, 1.165) is 30.3 Å². The molecule has 16 heavy (non-hydrogen) atoms. The standard InChI is InChI=1S/C12H12N4/c1-2-4-9(5-3-1)16-12-10-6-13-7-11(10)14-8-15-12/h1-5,8,13H,6-7H2,(H,14,15,16). The number of nitrogens with one attached hydrogen (secondary N) is 2. The van der Waals surface area contributed by atoms with Crippen LogP contribution in [0.3, 0.4) is 0 Å². The summed E-state index contributed by atoms with van der Waals surface area (Å²) in [5.74, 6) is 0.904. The van der Waals surface area contributed by atoms with E-state index in [1.54, 1.807) is 6.33 Å². The molecule has 0 bridgehead atoms. The Kier molecular flexibility index (Phi) is 2.27. The second-order valence-corrected chi connectivity index (χ2v) is 3.74. The van der Waals surface area contributed by atoms with Crippen LogP contribution >= 0.6 is 0 Å². The Bertz CT molecular complexity index is 496. The quantitative estimate of drug-likeness (QED) is 0.797. The molecule has 0 unspecified atom stereocenters. The molecular weight excluding hydrogens is 200 g/mol. The first-order valence-corrected chi connectivity index (χ1v) is 5.29. The molecule has 0 atom stereocenters. The van der Waals surface area contributed by atoms with Crippen molar-refractivity contribution in [3.63, 3.8) is 0 Å². The number of fused-ring (bicyclic) bond motifs is 1. The first-order valence-electron chi connectivity index (χ1n) is 5.29. The molecule has 2 N–H and O–H groups in total. The number of nitrogens with zero attached hydrogens (tertiary/aromatic N) is 2. The van der Waals surface area contributed by atoms with Gasteiger partial charge in [-0.25, -0.2) is 9.97 Å². The van der Waals surface area contributed by atoms with Crippen LogP contribution in [-0.4, -0.2) is 9.97 Å². The lowest BCUT2D eigenvalue weighted by Gasteiger charge is -2.08. The van der Waals surface area contributed by atoms with Gasteiger partial charge >= 0.3 is 0 Å². The molecule has 0 aliphatic carbocycles. The van der Waals surface area contributed by atoms with Crippen LogP contribution in [0, 0.1) is 0 Å². The fraction of sp³-hybridized carbons (Fsp3) is 0.167. The largest absolute Gasteiger partial charge is 0.340 e. The maximum Gasteiger partial charge on any atom is 0.138 e. The number of anilines is 2. The van der Waals surface area contributed by atoms with Crippen LogP contribution in [0.2, 0.25) is 0 Å². The highest BCUT2D eigenvalue weighted by Crippen LogP contribution is 2.22. The molecule has 4 heteroatoms. The van der Waals surface area contributed by atoms with Crippen LogP contribution in [0.1, 0.15) is 11.3 Å². The Morgan fingerprint density at radius 3 is 2.81 bits per heavy atom. The Morgan fingerprint density at radius 2 is 1.94 bits per heavy atom. The first kappa shape index (κ1) is 9.30. The summed E-state index contributed by atoms with van der Waals surface area (Å²) in [5.41, 5.74) is 3.31. The number of hydrogen-bond acceptors (Lipinski definition) is 4. The molecule has 0 saturated heterocycles. The van der Waals surface area contributed by atoms with Crippen LogP contribution < -0.4 is 10.6 Å². The molecule has 0 saturated carbocycles. The van der Waals surface area contributed by atoms with E-state index in [2.05, 4.69) is 20.6 Å². The van der Waals surface area contributed by atoms with E-state index >= 15 is 0 Å². The molecule has 3 rings (SSSR count). The van der Waals surface area contributed by atoms with E-state index in [1.165, 1.54) is 5.56 Å². The molecule has 0 radical (unpaired) electrons. The molecule has 0 fully saturated rings. The molecule has 1 aliphatic heterocycles. The van der Waals surface area contributed by atoms with Crippen molar-refractivity contribution >= 4 is 11.5 Å². The van der Waals surface area contributed by atoms with E-state index in [-0.39, 0.29) is 0 Å². The van der Waals surface area contributed by atoms with Crippen molar-refractivity contribution in [2.45, 2.75) is 13.1 Å². The smallest absolute Gasteiger partial charge is 0.138 e. The predicted octanol–water partition coefficient (Wildman–Crippen LogP) is 1.82. The van der Waals surface area contributed by atoms with Gasteiger partial charge in [0, 0.05) is 24.3 Å². The molecule has 0 amide bonds. The highest BCUT2D eigenvalue weighted by Gasteiger charge is 2.16. The molecule has 4 nitrogen and oxygen atoms in total. The van der Waals surface area contributed by atoms with Gasteiger partial charge in [-0.1, -0.05) is 18.2 Å². The summed E-state index contributed by atoms with van der Waals surface area (Å²) in [7, 11) is 0. The van der Waals surface area contributed by atoms with Crippen LogP contribution in [0.5, 0.6) is 0 Å².